The lowest BCUT2D eigenvalue weighted by Crippen LogP contribution is -2.09. The smallest absolute Gasteiger partial charge is 0.248 e. The fourth-order valence-electron chi connectivity index (χ4n) is 4.02. The van der Waals surface area contributed by atoms with Gasteiger partial charge in [-0.05, 0) is 75.4 Å². The lowest BCUT2D eigenvalue weighted by Gasteiger charge is -2.15. The van der Waals surface area contributed by atoms with Crippen molar-refractivity contribution in [2.45, 2.75) is 32.6 Å². The molecule has 0 saturated carbocycles. The number of hydrogen-bond acceptors (Lipinski definition) is 4. The van der Waals surface area contributed by atoms with E-state index in [9.17, 15) is 4.79 Å². The van der Waals surface area contributed by atoms with Crippen LogP contribution in [0.15, 0.2) is 76.2 Å². The zero-order valence-electron chi connectivity index (χ0n) is 20.2. The molecule has 1 amide bonds. The van der Waals surface area contributed by atoms with E-state index in [4.69, 9.17) is 9.15 Å². The number of thioether (sulfide) groups is 1. The molecule has 3 aromatic carbocycles. The van der Waals surface area contributed by atoms with Crippen LogP contribution in [-0.4, -0.2) is 18.8 Å². The third kappa shape index (κ3) is 4.90. The topological polar surface area (TPSA) is 51.5 Å². The van der Waals surface area contributed by atoms with Gasteiger partial charge in [0.15, 0.2) is 0 Å². The van der Waals surface area contributed by atoms with Crippen LogP contribution in [-0.2, 0) is 4.79 Å². The normalized spacial score (nSPS) is 11.6. The van der Waals surface area contributed by atoms with E-state index in [1.54, 1.807) is 24.1 Å². The molecule has 0 atom stereocenters. The maximum absolute atomic E-state index is 12.8. The van der Waals surface area contributed by atoms with E-state index in [1.807, 2.05) is 51.3 Å². The minimum Gasteiger partial charge on any atom is -0.493 e. The highest BCUT2D eigenvalue weighted by Crippen LogP contribution is 2.40. The molecular weight excluding hydrogens is 442 g/mol. The Balaban J connectivity index is 1.74. The molecule has 0 fully saturated rings. The number of fused-ring (bicyclic) bond motifs is 1. The molecule has 0 aliphatic rings. The molecule has 0 spiro atoms. The number of benzene rings is 3. The number of carbonyl (C=O) groups excluding carboxylic acids is 1. The van der Waals surface area contributed by atoms with Crippen LogP contribution in [0.5, 0.6) is 5.75 Å². The Hall–Kier alpha value is -3.44. The minimum atomic E-state index is -0.180. The Morgan fingerprint density at radius 1 is 1.09 bits per heavy atom. The second kappa shape index (κ2) is 10.2. The van der Waals surface area contributed by atoms with Gasteiger partial charge in [-0.1, -0.05) is 29.8 Å². The summed E-state index contributed by atoms with van der Waals surface area (Å²) in [6, 6.07) is 18.3. The molecule has 4 aromatic rings. The molecule has 1 aromatic heterocycles. The van der Waals surface area contributed by atoms with E-state index in [-0.39, 0.29) is 5.91 Å². The van der Waals surface area contributed by atoms with Crippen LogP contribution in [0.25, 0.3) is 27.7 Å². The van der Waals surface area contributed by atoms with Crippen molar-refractivity contribution >= 4 is 39.9 Å². The van der Waals surface area contributed by atoms with E-state index in [0.29, 0.717) is 6.61 Å². The van der Waals surface area contributed by atoms with E-state index < -0.39 is 0 Å². The van der Waals surface area contributed by atoms with Crippen LogP contribution in [0.3, 0.4) is 0 Å². The number of aryl methyl sites for hydroxylation is 2. The number of hydrogen-bond donors (Lipinski definition) is 1. The number of allylic oxidation sites excluding steroid dienone is 1. The summed E-state index contributed by atoms with van der Waals surface area (Å²) in [5.74, 6) is 0.561. The van der Waals surface area contributed by atoms with Crippen molar-refractivity contribution in [3.05, 3.63) is 83.6 Å². The molecule has 4 rings (SSSR count). The van der Waals surface area contributed by atoms with Gasteiger partial charge in [-0.3, -0.25) is 4.79 Å². The second-order valence-corrected chi connectivity index (χ2v) is 9.13. The number of nitrogens with one attached hydrogen (secondary N) is 1. The summed E-state index contributed by atoms with van der Waals surface area (Å²) in [5, 5.41) is 3.95. The van der Waals surface area contributed by atoms with Crippen LogP contribution in [0.1, 0.15) is 30.5 Å². The molecule has 0 unspecified atom stereocenters. The summed E-state index contributed by atoms with van der Waals surface area (Å²) in [6.45, 7) is 8.48. The van der Waals surface area contributed by atoms with Gasteiger partial charge in [-0.15, -0.1) is 11.8 Å². The molecule has 5 heteroatoms. The maximum Gasteiger partial charge on any atom is 0.248 e. The zero-order chi connectivity index (χ0) is 24.2. The van der Waals surface area contributed by atoms with Crippen LogP contribution in [0, 0.1) is 13.8 Å². The molecule has 0 aliphatic carbocycles. The molecular formula is C29H29NO3S. The lowest BCUT2D eigenvalue weighted by molar-refractivity contribution is -0.111. The standard InChI is InChI=1S/C29H29NO3S/c1-6-32-28-20(4)29-25(26(17-33-29)21-9-7-18(2)8-10-21)16-24(28)19(3)15-27(31)30-22-11-13-23(34-5)14-12-22/h7-17H,6H2,1-5H3,(H,30,31)/b19-15+. The molecule has 174 valence electrons. The van der Waals surface area contributed by atoms with Gasteiger partial charge in [0.25, 0.3) is 0 Å². The van der Waals surface area contributed by atoms with Crippen molar-refractivity contribution in [3.63, 3.8) is 0 Å². The van der Waals surface area contributed by atoms with Crippen LogP contribution < -0.4 is 10.1 Å². The van der Waals surface area contributed by atoms with Crippen molar-refractivity contribution in [1.82, 2.24) is 0 Å². The number of rotatable bonds is 7. The molecule has 4 nitrogen and oxygen atoms in total. The van der Waals surface area contributed by atoms with Gasteiger partial charge >= 0.3 is 0 Å². The average molecular weight is 472 g/mol. The quantitative estimate of drug-likeness (QED) is 0.220. The van der Waals surface area contributed by atoms with Crippen LogP contribution in [0.2, 0.25) is 0 Å². The minimum absolute atomic E-state index is 0.180. The van der Waals surface area contributed by atoms with Gasteiger partial charge in [0, 0.05) is 38.7 Å². The van der Waals surface area contributed by atoms with E-state index in [2.05, 4.69) is 42.6 Å². The van der Waals surface area contributed by atoms with Gasteiger partial charge in [0.1, 0.15) is 11.3 Å². The first-order valence-electron chi connectivity index (χ1n) is 11.3. The molecule has 0 saturated heterocycles. The first kappa shape index (κ1) is 23.7. The van der Waals surface area contributed by atoms with E-state index in [0.717, 1.165) is 55.1 Å². The van der Waals surface area contributed by atoms with E-state index in [1.165, 1.54) is 5.56 Å². The number of amides is 1. The Morgan fingerprint density at radius 2 is 1.79 bits per heavy atom. The highest BCUT2D eigenvalue weighted by Gasteiger charge is 2.19. The Kier molecular flexibility index (Phi) is 7.13. The monoisotopic (exact) mass is 471 g/mol. The van der Waals surface area contributed by atoms with Gasteiger partial charge < -0.3 is 14.5 Å². The number of furan rings is 1. The highest BCUT2D eigenvalue weighted by atomic mass is 32.2. The van der Waals surface area contributed by atoms with Crippen LogP contribution in [0.4, 0.5) is 5.69 Å². The average Bonchev–Trinajstić information content (AvgIpc) is 3.26. The van der Waals surface area contributed by atoms with Crippen molar-refractivity contribution in [2.75, 3.05) is 18.2 Å². The highest BCUT2D eigenvalue weighted by molar-refractivity contribution is 7.98. The fourth-order valence-corrected chi connectivity index (χ4v) is 4.43. The molecule has 1 heterocycles. The molecule has 34 heavy (non-hydrogen) atoms. The predicted octanol–water partition coefficient (Wildman–Crippen LogP) is 7.88. The van der Waals surface area contributed by atoms with Gasteiger partial charge in [0.2, 0.25) is 5.91 Å². The summed E-state index contributed by atoms with van der Waals surface area (Å²) in [6.07, 6.45) is 5.45. The fraction of sp³-hybridized carbons (Fsp3) is 0.207. The molecule has 0 radical (unpaired) electrons. The molecule has 0 bridgehead atoms. The van der Waals surface area contributed by atoms with Crippen molar-refractivity contribution in [3.8, 4) is 16.9 Å². The summed E-state index contributed by atoms with van der Waals surface area (Å²) < 4.78 is 12.0. The predicted molar refractivity (Wildman–Crippen MR) is 143 cm³/mol. The summed E-state index contributed by atoms with van der Waals surface area (Å²) in [7, 11) is 0. The van der Waals surface area contributed by atoms with Crippen molar-refractivity contribution in [2.24, 2.45) is 0 Å². The molecule has 0 aliphatic heterocycles. The Bertz CT molecular complexity index is 1350. The maximum atomic E-state index is 12.8. The lowest BCUT2D eigenvalue weighted by atomic mass is 9.96. The largest absolute Gasteiger partial charge is 0.493 e. The van der Waals surface area contributed by atoms with Gasteiger partial charge in [0.05, 0.1) is 12.9 Å². The second-order valence-electron chi connectivity index (χ2n) is 8.25. The zero-order valence-corrected chi connectivity index (χ0v) is 21.0. The van der Waals surface area contributed by atoms with Crippen molar-refractivity contribution < 1.29 is 13.9 Å². The third-order valence-electron chi connectivity index (χ3n) is 5.83. The van der Waals surface area contributed by atoms with Crippen LogP contribution >= 0.6 is 11.8 Å². The number of carbonyl (C=O) groups is 1. The first-order chi connectivity index (χ1) is 16.4. The van der Waals surface area contributed by atoms with E-state index >= 15 is 0 Å². The Labute approximate surface area is 205 Å². The SMILES string of the molecule is CCOc1c(/C(C)=C/C(=O)Nc2ccc(SC)cc2)cc2c(-c3ccc(C)cc3)coc2c1C. The number of anilines is 1. The third-order valence-corrected chi connectivity index (χ3v) is 6.57. The van der Waals surface area contributed by atoms with Gasteiger partial charge in [-0.2, -0.15) is 0 Å². The van der Waals surface area contributed by atoms with Gasteiger partial charge in [-0.25, -0.2) is 0 Å². The van der Waals surface area contributed by atoms with Crippen molar-refractivity contribution in [1.29, 1.82) is 0 Å². The summed E-state index contributed by atoms with van der Waals surface area (Å²) >= 11 is 1.67. The summed E-state index contributed by atoms with van der Waals surface area (Å²) in [4.78, 5) is 13.9. The summed E-state index contributed by atoms with van der Waals surface area (Å²) in [5.41, 5.74) is 7.51. The first-order valence-corrected chi connectivity index (χ1v) is 12.5. The molecule has 1 N–H and O–H groups in total. The number of ether oxygens (including phenoxy) is 1. The Morgan fingerprint density at radius 3 is 2.44 bits per heavy atom.